The van der Waals surface area contributed by atoms with Crippen LogP contribution < -0.4 is 10.6 Å². The minimum absolute atomic E-state index is 0.0901. The lowest BCUT2D eigenvalue weighted by atomic mass is 10.0. The maximum absolute atomic E-state index is 12.8. The van der Waals surface area contributed by atoms with Gasteiger partial charge in [-0.1, -0.05) is 18.2 Å². The number of fused-ring (bicyclic) bond motifs is 1. The molecule has 0 aromatic heterocycles. The fourth-order valence-corrected chi connectivity index (χ4v) is 4.73. The average Bonchev–Trinajstić information content (AvgIpc) is 2.70. The zero-order valence-corrected chi connectivity index (χ0v) is 21.4. The molecule has 0 saturated carbocycles. The second-order valence-corrected chi connectivity index (χ2v) is 11.3. The van der Waals surface area contributed by atoms with Gasteiger partial charge in [-0.3, -0.25) is 19.8 Å². The number of aliphatic hydroxyl groups is 1. The number of rotatable bonds is 5. The highest BCUT2D eigenvalue weighted by Crippen LogP contribution is 2.40. The van der Waals surface area contributed by atoms with Crippen molar-refractivity contribution in [3.63, 3.8) is 0 Å². The van der Waals surface area contributed by atoms with Crippen LogP contribution in [0.25, 0.3) is 0 Å². The van der Waals surface area contributed by atoms with Crippen LogP contribution in [0, 0.1) is 0 Å². The van der Waals surface area contributed by atoms with E-state index in [0.717, 1.165) is 0 Å². The Hall–Kier alpha value is -3.21. The molecule has 190 valence electrons. The monoisotopic (exact) mass is 505 g/mol. The van der Waals surface area contributed by atoms with E-state index in [1.54, 1.807) is 65.8 Å². The molecule has 0 aliphatic carbocycles. The number of hydrogen-bond acceptors (Lipinski definition) is 8. The van der Waals surface area contributed by atoms with Gasteiger partial charge in [0.2, 0.25) is 5.91 Å². The number of aliphatic hydroxyl groups excluding tert-OH is 1. The largest absolute Gasteiger partial charge is 0.509 e. The van der Waals surface area contributed by atoms with Crippen molar-refractivity contribution in [1.29, 1.82) is 0 Å². The lowest BCUT2D eigenvalue weighted by Crippen LogP contribution is -2.70. The summed E-state index contributed by atoms with van der Waals surface area (Å²) < 4.78 is 10.6. The summed E-state index contributed by atoms with van der Waals surface area (Å²) in [6.45, 7) is 10.3. The van der Waals surface area contributed by atoms with Crippen molar-refractivity contribution in [2.75, 3.05) is 11.1 Å². The average molecular weight is 506 g/mol. The Kier molecular flexibility index (Phi) is 7.39. The zero-order valence-electron chi connectivity index (χ0n) is 20.6. The number of thioether (sulfide) groups is 1. The predicted molar refractivity (Wildman–Crippen MR) is 131 cm³/mol. The summed E-state index contributed by atoms with van der Waals surface area (Å²) in [7, 11) is 0. The number of carbonyl (C=O) groups is 4. The van der Waals surface area contributed by atoms with Crippen LogP contribution in [-0.2, 0) is 30.3 Å². The van der Waals surface area contributed by atoms with Crippen LogP contribution in [0.3, 0.4) is 0 Å². The maximum atomic E-state index is 12.8. The summed E-state index contributed by atoms with van der Waals surface area (Å²) in [5.74, 6) is -1.86. The molecule has 0 spiro atoms. The van der Waals surface area contributed by atoms with E-state index in [2.05, 4.69) is 10.6 Å². The van der Waals surface area contributed by atoms with E-state index >= 15 is 0 Å². The van der Waals surface area contributed by atoms with Gasteiger partial charge in [-0.25, -0.2) is 9.59 Å². The van der Waals surface area contributed by atoms with Gasteiger partial charge in [0.25, 0.3) is 5.91 Å². The summed E-state index contributed by atoms with van der Waals surface area (Å²) in [6, 6.07) is 5.94. The molecule has 2 heterocycles. The van der Waals surface area contributed by atoms with Gasteiger partial charge in [0, 0.05) is 5.69 Å². The number of β-lactam (4-membered cyclic amide) rings is 1. The minimum Gasteiger partial charge on any atom is -0.509 e. The number of nitrogens with zero attached hydrogens (tertiary/aromatic N) is 1. The van der Waals surface area contributed by atoms with E-state index in [1.807, 2.05) is 0 Å². The first-order chi connectivity index (χ1) is 16.2. The fourth-order valence-electron chi connectivity index (χ4n) is 3.53. The van der Waals surface area contributed by atoms with E-state index in [1.165, 1.54) is 16.7 Å². The van der Waals surface area contributed by atoms with Crippen molar-refractivity contribution in [3.05, 3.63) is 41.3 Å². The van der Waals surface area contributed by atoms with Gasteiger partial charge in [0.05, 0.1) is 12.2 Å². The maximum Gasteiger partial charge on any atom is 0.412 e. The summed E-state index contributed by atoms with van der Waals surface area (Å²) in [5.41, 5.74) is -0.697. The van der Waals surface area contributed by atoms with Crippen LogP contribution in [0.4, 0.5) is 10.5 Å². The van der Waals surface area contributed by atoms with Crippen molar-refractivity contribution < 1.29 is 33.8 Å². The molecule has 1 fully saturated rings. The number of anilines is 1. The number of carbonyl (C=O) groups excluding carboxylic acids is 4. The summed E-state index contributed by atoms with van der Waals surface area (Å²) in [4.78, 5) is 51.5. The number of hydrogen-bond donors (Lipinski definition) is 3. The van der Waals surface area contributed by atoms with E-state index in [4.69, 9.17) is 9.47 Å². The summed E-state index contributed by atoms with van der Waals surface area (Å²) >= 11 is 1.24. The fraction of sp³-hybridized carbons (Fsp3) is 0.500. The SMILES string of the molecule is CC(C)(C)OC(=O)Nc1ccccc1CC(=O)NC1C(=O)N2C(C(=O)OC(C)(C)C)=C(O)CS[C@H]12. The van der Waals surface area contributed by atoms with Crippen LogP contribution in [0.5, 0.6) is 0 Å². The molecule has 1 aromatic rings. The molecule has 0 bridgehead atoms. The van der Waals surface area contributed by atoms with Crippen molar-refractivity contribution in [2.24, 2.45) is 0 Å². The molecular weight excluding hydrogens is 474 g/mol. The van der Waals surface area contributed by atoms with Gasteiger partial charge >= 0.3 is 12.1 Å². The van der Waals surface area contributed by atoms with Crippen LogP contribution in [-0.4, -0.2) is 62.3 Å². The third-order valence-corrected chi connectivity index (χ3v) is 6.13. The Labute approximate surface area is 208 Å². The van der Waals surface area contributed by atoms with Crippen molar-refractivity contribution in [1.82, 2.24) is 10.2 Å². The van der Waals surface area contributed by atoms with Crippen LogP contribution >= 0.6 is 11.8 Å². The standard InChI is InChI=1S/C24H31N3O7S/c1-23(2,3)33-21(31)18-15(28)12-35-20-17(19(30)27(18)20)26-16(29)11-13-9-7-8-10-14(13)25-22(32)34-24(4,5)6/h7-10,17,20,28H,11-12H2,1-6H3,(H,25,32)(H,26,29)/t17?,20-/m1/s1. The van der Waals surface area contributed by atoms with E-state index in [0.29, 0.717) is 11.3 Å². The number of nitrogens with one attached hydrogen (secondary N) is 2. The molecule has 10 nitrogen and oxygen atoms in total. The third-order valence-electron chi connectivity index (χ3n) is 4.86. The first-order valence-electron chi connectivity index (χ1n) is 11.1. The third kappa shape index (κ3) is 6.47. The number of esters is 1. The minimum atomic E-state index is -0.857. The molecule has 3 N–H and O–H groups in total. The van der Waals surface area contributed by atoms with Crippen molar-refractivity contribution in [2.45, 2.75) is 70.6 Å². The van der Waals surface area contributed by atoms with Crippen LogP contribution in [0.1, 0.15) is 47.1 Å². The number of benzene rings is 1. The molecule has 1 saturated heterocycles. The van der Waals surface area contributed by atoms with Crippen molar-refractivity contribution in [3.8, 4) is 0 Å². The van der Waals surface area contributed by atoms with Gasteiger partial charge in [0.1, 0.15) is 28.4 Å². The van der Waals surface area contributed by atoms with Crippen LogP contribution in [0.2, 0.25) is 0 Å². The quantitative estimate of drug-likeness (QED) is 0.411. The van der Waals surface area contributed by atoms with Crippen molar-refractivity contribution >= 4 is 41.3 Å². The zero-order chi connectivity index (χ0) is 26.1. The second-order valence-electron chi connectivity index (χ2n) is 10.2. The molecule has 1 aromatic carbocycles. The van der Waals surface area contributed by atoms with Gasteiger partial charge in [-0.05, 0) is 53.2 Å². The van der Waals surface area contributed by atoms with E-state index in [9.17, 15) is 24.3 Å². The highest BCUT2D eigenvalue weighted by atomic mass is 32.2. The molecule has 3 amide bonds. The lowest BCUT2D eigenvalue weighted by molar-refractivity contribution is -0.159. The second kappa shape index (κ2) is 9.80. The Morgan fingerprint density at radius 2 is 1.71 bits per heavy atom. The smallest absolute Gasteiger partial charge is 0.412 e. The normalized spacial score (nSPS) is 19.9. The molecular formula is C24H31N3O7S. The number of amides is 3. The molecule has 11 heteroatoms. The lowest BCUT2D eigenvalue weighted by Gasteiger charge is -2.49. The summed E-state index contributed by atoms with van der Waals surface area (Å²) in [6.07, 6.45) is -0.734. The predicted octanol–water partition coefficient (Wildman–Crippen LogP) is 3.09. The van der Waals surface area contributed by atoms with Gasteiger partial charge < -0.3 is 19.9 Å². The van der Waals surface area contributed by atoms with E-state index in [-0.39, 0.29) is 23.6 Å². The van der Waals surface area contributed by atoms with Gasteiger partial charge in [-0.2, -0.15) is 0 Å². The Bertz CT molecular complexity index is 1070. The molecule has 3 rings (SSSR count). The molecule has 2 atom stereocenters. The summed E-state index contributed by atoms with van der Waals surface area (Å²) in [5, 5.41) is 15.1. The number of ether oxygens (including phenoxy) is 2. The Morgan fingerprint density at radius 1 is 1.09 bits per heavy atom. The Morgan fingerprint density at radius 3 is 2.34 bits per heavy atom. The molecule has 35 heavy (non-hydrogen) atoms. The van der Waals surface area contributed by atoms with Gasteiger partial charge in [0.15, 0.2) is 5.70 Å². The molecule has 0 radical (unpaired) electrons. The highest BCUT2D eigenvalue weighted by Gasteiger charge is 2.55. The van der Waals surface area contributed by atoms with E-state index < -0.39 is 46.5 Å². The molecule has 2 aliphatic rings. The topological polar surface area (TPSA) is 134 Å². The highest BCUT2D eigenvalue weighted by molar-refractivity contribution is 8.00. The van der Waals surface area contributed by atoms with Crippen LogP contribution in [0.15, 0.2) is 35.7 Å². The molecule has 2 aliphatic heterocycles. The first-order valence-corrected chi connectivity index (χ1v) is 12.2. The first kappa shape index (κ1) is 26.4. The molecule has 1 unspecified atom stereocenters. The number of para-hydroxylation sites is 1. The Balaban J connectivity index is 1.66. The van der Waals surface area contributed by atoms with Gasteiger partial charge in [-0.15, -0.1) is 11.8 Å².